The molecule has 6 nitrogen and oxygen atoms in total. The first-order chi connectivity index (χ1) is 13.6. The Labute approximate surface area is 172 Å². The van der Waals surface area contributed by atoms with Crippen LogP contribution in [0.3, 0.4) is 0 Å². The van der Waals surface area contributed by atoms with E-state index in [1.807, 2.05) is 26.0 Å². The van der Waals surface area contributed by atoms with Crippen LogP contribution in [0.2, 0.25) is 0 Å². The number of hydrogen-bond acceptors (Lipinski definition) is 5. The van der Waals surface area contributed by atoms with Crippen molar-refractivity contribution in [3.05, 3.63) is 40.9 Å². The highest BCUT2D eigenvalue weighted by molar-refractivity contribution is 7.13. The summed E-state index contributed by atoms with van der Waals surface area (Å²) in [5.41, 5.74) is 3.66. The fraction of sp³-hybridized carbons (Fsp3) is 0.524. The third-order valence-corrected chi connectivity index (χ3v) is 6.06. The first-order valence-electron chi connectivity index (χ1n) is 9.94. The number of nitrogens with zero attached hydrogens (tertiary/aromatic N) is 5. The number of thiazole rings is 1. The highest BCUT2D eigenvalue weighted by atomic mass is 32.1. The van der Waals surface area contributed by atoms with Gasteiger partial charge in [0.2, 0.25) is 0 Å². The molecule has 0 amide bonds. The monoisotopic (exact) mass is 400 g/mol. The van der Waals surface area contributed by atoms with Crippen LogP contribution in [0, 0.1) is 0 Å². The maximum absolute atomic E-state index is 4.62. The Kier molecular flexibility index (Phi) is 7.14. The number of guanidine groups is 1. The summed E-state index contributed by atoms with van der Waals surface area (Å²) in [5, 5.41) is 6.53. The first kappa shape index (κ1) is 20.5. The molecule has 1 aliphatic heterocycles. The number of aliphatic imine (C=N–C) groups is 1. The molecule has 1 aromatic carbocycles. The van der Waals surface area contributed by atoms with Gasteiger partial charge in [-0.25, -0.2) is 4.98 Å². The molecule has 0 saturated carbocycles. The molecule has 0 spiro atoms. The van der Waals surface area contributed by atoms with Crippen LogP contribution in [0.4, 0.5) is 10.8 Å². The average molecular weight is 401 g/mol. The van der Waals surface area contributed by atoms with Crippen LogP contribution >= 0.6 is 11.3 Å². The van der Waals surface area contributed by atoms with Gasteiger partial charge in [-0.15, -0.1) is 11.3 Å². The topological polar surface area (TPSA) is 47.0 Å². The van der Waals surface area contributed by atoms with E-state index in [1.165, 1.54) is 43.6 Å². The zero-order chi connectivity index (χ0) is 19.9. The van der Waals surface area contributed by atoms with E-state index < -0.39 is 0 Å². The zero-order valence-corrected chi connectivity index (χ0v) is 18.3. The van der Waals surface area contributed by atoms with Gasteiger partial charge in [0.05, 0.1) is 12.2 Å². The molecule has 0 aliphatic carbocycles. The lowest BCUT2D eigenvalue weighted by atomic mass is 10.1. The number of benzene rings is 1. The molecule has 1 aliphatic rings. The van der Waals surface area contributed by atoms with Crippen molar-refractivity contribution < 1.29 is 0 Å². The molecular weight excluding hydrogens is 368 g/mol. The lowest BCUT2D eigenvalue weighted by Crippen LogP contribution is -2.38. The van der Waals surface area contributed by atoms with Crippen LogP contribution in [0.1, 0.15) is 30.5 Å². The maximum Gasteiger partial charge on any atom is 0.194 e. The molecule has 2 heterocycles. The van der Waals surface area contributed by atoms with E-state index in [1.54, 1.807) is 11.3 Å². The van der Waals surface area contributed by atoms with E-state index in [-0.39, 0.29) is 0 Å². The molecule has 0 bridgehead atoms. The lowest BCUT2D eigenvalue weighted by Gasteiger charge is -2.29. The van der Waals surface area contributed by atoms with Crippen molar-refractivity contribution in [2.75, 3.05) is 51.1 Å². The highest BCUT2D eigenvalue weighted by Crippen LogP contribution is 2.21. The molecule has 1 fully saturated rings. The van der Waals surface area contributed by atoms with Gasteiger partial charge < -0.3 is 20.0 Å². The fourth-order valence-corrected chi connectivity index (χ4v) is 4.21. The highest BCUT2D eigenvalue weighted by Gasteiger charge is 2.12. The number of hydrogen-bond donors (Lipinski definition) is 1. The average Bonchev–Trinajstić information content (AvgIpc) is 3.19. The SMILES string of the molecule is CN=C(NCc1csc(N(C)C)n1)N(C)Cc1ccc(N2CCCCC2)cc1. The van der Waals surface area contributed by atoms with Crippen LogP contribution in [-0.2, 0) is 13.1 Å². The van der Waals surface area contributed by atoms with Crippen LogP contribution < -0.4 is 15.1 Å². The Balaban J connectivity index is 1.53. The standard InChI is InChI=1S/C21H32N6S/c1-22-20(23-14-18-16-28-21(24-18)25(2)3)26(4)15-17-8-10-19(11-9-17)27-12-6-5-7-13-27/h8-11,16H,5-7,12-15H2,1-4H3,(H,22,23). The number of aromatic nitrogens is 1. The van der Waals surface area contributed by atoms with E-state index >= 15 is 0 Å². The van der Waals surface area contributed by atoms with Gasteiger partial charge in [-0.1, -0.05) is 12.1 Å². The van der Waals surface area contributed by atoms with Gasteiger partial charge in [0, 0.05) is 58.9 Å². The van der Waals surface area contributed by atoms with Crippen molar-refractivity contribution in [3.8, 4) is 0 Å². The summed E-state index contributed by atoms with van der Waals surface area (Å²) in [7, 11) is 7.92. The summed E-state index contributed by atoms with van der Waals surface area (Å²) in [4.78, 5) is 15.7. The van der Waals surface area contributed by atoms with E-state index in [9.17, 15) is 0 Å². The molecule has 1 aromatic heterocycles. The van der Waals surface area contributed by atoms with Crippen molar-refractivity contribution in [1.82, 2.24) is 15.2 Å². The normalized spacial score (nSPS) is 14.9. The van der Waals surface area contributed by atoms with E-state index in [0.717, 1.165) is 23.3 Å². The van der Waals surface area contributed by atoms with Gasteiger partial charge in [0.25, 0.3) is 0 Å². The summed E-state index contributed by atoms with van der Waals surface area (Å²) in [5.74, 6) is 0.875. The second-order valence-electron chi connectivity index (χ2n) is 7.49. The third kappa shape index (κ3) is 5.38. The summed E-state index contributed by atoms with van der Waals surface area (Å²) < 4.78 is 0. The van der Waals surface area contributed by atoms with Gasteiger partial charge in [-0.2, -0.15) is 0 Å². The molecule has 28 heavy (non-hydrogen) atoms. The summed E-state index contributed by atoms with van der Waals surface area (Å²) in [6, 6.07) is 8.97. The summed E-state index contributed by atoms with van der Waals surface area (Å²) >= 11 is 1.66. The molecule has 0 radical (unpaired) electrons. The smallest absolute Gasteiger partial charge is 0.194 e. The molecule has 152 valence electrons. The molecule has 7 heteroatoms. The maximum atomic E-state index is 4.62. The van der Waals surface area contributed by atoms with Gasteiger partial charge in [-0.3, -0.25) is 4.99 Å². The van der Waals surface area contributed by atoms with Crippen molar-refractivity contribution in [2.45, 2.75) is 32.4 Å². The number of anilines is 2. The van der Waals surface area contributed by atoms with Crippen LogP contribution in [0.15, 0.2) is 34.6 Å². The van der Waals surface area contributed by atoms with Gasteiger partial charge >= 0.3 is 0 Å². The Morgan fingerprint density at radius 1 is 1.14 bits per heavy atom. The third-order valence-electron chi connectivity index (χ3n) is 5.00. The fourth-order valence-electron chi connectivity index (χ4n) is 3.45. The van der Waals surface area contributed by atoms with Gasteiger partial charge in [0.15, 0.2) is 11.1 Å². The van der Waals surface area contributed by atoms with Crippen molar-refractivity contribution in [3.63, 3.8) is 0 Å². The van der Waals surface area contributed by atoms with Crippen LogP contribution in [0.25, 0.3) is 0 Å². The minimum absolute atomic E-state index is 0.676. The summed E-state index contributed by atoms with van der Waals surface area (Å²) in [6.45, 7) is 3.86. The molecule has 0 atom stereocenters. The Morgan fingerprint density at radius 2 is 1.86 bits per heavy atom. The van der Waals surface area contributed by atoms with Crippen molar-refractivity contribution in [1.29, 1.82) is 0 Å². The number of piperidine rings is 1. The van der Waals surface area contributed by atoms with Gasteiger partial charge in [0.1, 0.15) is 0 Å². The van der Waals surface area contributed by atoms with E-state index in [4.69, 9.17) is 0 Å². The van der Waals surface area contributed by atoms with Crippen LogP contribution in [-0.4, -0.2) is 57.1 Å². The lowest BCUT2D eigenvalue weighted by molar-refractivity contribution is 0.476. The minimum Gasteiger partial charge on any atom is -0.372 e. The Morgan fingerprint density at radius 3 is 2.46 bits per heavy atom. The molecule has 2 aromatic rings. The molecule has 1 N–H and O–H groups in total. The van der Waals surface area contributed by atoms with Gasteiger partial charge in [-0.05, 0) is 37.0 Å². The van der Waals surface area contributed by atoms with E-state index in [0.29, 0.717) is 6.54 Å². The summed E-state index contributed by atoms with van der Waals surface area (Å²) in [6.07, 6.45) is 3.98. The molecule has 3 rings (SSSR count). The quantitative estimate of drug-likeness (QED) is 0.595. The molecule has 1 saturated heterocycles. The number of rotatable bonds is 6. The second kappa shape index (κ2) is 9.78. The first-order valence-corrected chi connectivity index (χ1v) is 10.8. The predicted octanol–water partition coefficient (Wildman–Crippen LogP) is 3.41. The van der Waals surface area contributed by atoms with Crippen molar-refractivity contribution >= 4 is 28.1 Å². The number of nitrogens with one attached hydrogen (secondary N) is 1. The Bertz CT molecular complexity index is 761. The zero-order valence-electron chi connectivity index (χ0n) is 17.5. The Hall–Kier alpha value is -2.28. The largest absolute Gasteiger partial charge is 0.372 e. The van der Waals surface area contributed by atoms with E-state index in [2.05, 4.69) is 61.8 Å². The predicted molar refractivity (Wildman–Crippen MR) is 121 cm³/mol. The second-order valence-corrected chi connectivity index (χ2v) is 8.32. The van der Waals surface area contributed by atoms with Crippen molar-refractivity contribution in [2.24, 2.45) is 4.99 Å². The molecular formula is C21H32N6S. The minimum atomic E-state index is 0.676. The molecule has 0 unspecified atom stereocenters. The van der Waals surface area contributed by atoms with Crippen LogP contribution in [0.5, 0.6) is 0 Å².